The molecular weight excluding hydrogens is 150 g/mol. The minimum Gasteiger partial charge on any atom is -0.396 e. The van der Waals surface area contributed by atoms with Crippen LogP contribution >= 0.6 is 0 Å². The molecule has 0 aromatic rings. The van der Waals surface area contributed by atoms with Gasteiger partial charge in [0.15, 0.2) is 0 Å². The summed E-state index contributed by atoms with van der Waals surface area (Å²) < 4.78 is 0. The largest absolute Gasteiger partial charge is 0.396 e. The predicted octanol–water partition coefficient (Wildman–Crippen LogP) is 1.54. The quantitative estimate of drug-likeness (QED) is 0.660. The van der Waals surface area contributed by atoms with Crippen molar-refractivity contribution in [2.75, 3.05) is 6.61 Å². The molecular formula is C10H21NO. The zero-order valence-electron chi connectivity index (χ0n) is 8.43. The van der Waals surface area contributed by atoms with Gasteiger partial charge in [0, 0.05) is 18.2 Å². The van der Waals surface area contributed by atoms with E-state index in [0.29, 0.717) is 18.6 Å². The van der Waals surface area contributed by atoms with E-state index < -0.39 is 0 Å². The van der Waals surface area contributed by atoms with Crippen LogP contribution in [0, 0.1) is 5.92 Å². The Bertz CT molecular complexity index is 139. The molecule has 1 fully saturated rings. The van der Waals surface area contributed by atoms with Crippen molar-refractivity contribution in [3.8, 4) is 0 Å². The third-order valence-electron chi connectivity index (χ3n) is 2.44. The highest BCUT2D eigenvalue weighted by Gasteiger charge is 2.26. The Morgan fingerprint density at radius 2 is 2.00 bits per heavy atom. The minimum absolute atomic E-state index is 0.217. The van der Waals surface area contributed by atoms with Gasteiger partial charge < -0.3 is 10.4 Å². The summed E-state index contributed by atoms with van der Waals surface area (Å²) in [6, 6.07) is 0.627. The first kappa shape index (κ1) is 10.0. The van der Waals surface area contributed by atoms with Crippen molar-refractivity contribution in [3.05, 3.63) is 0 Å². The maximum Gasteiger partial charge on any atom is 0.0459 e. The van der Waals surface area contributed by atoms with E-state index in [1.165, 1.54) is 12.8 Å². The topological polar surface area (TPSA) is 32.3 Å². The van der Waals surface area contributed by atoms with Crippen LogP contribution < -0.4 is 5.32 Å². The third-order valence-corrected chi connectivity index (χ3v) is 2.44. The van der Waals surface area contributed by atoms with Gasteiger partial charge in [-0.25, -0.2) is 0 Å². The fraction of sp³-hybridized carbons (Fsp3) is 1.00. The molecule has 0 spiro atoms. The molecule has 2 heteroatoms. The first-order valence-electron chi connectivity index (χ1n) is 4.90. The van der Waals surface area contributed by atoms with Crippen LogP contribution in [0.5, 0.6) is 0 Å². The summed E-state index contributed by atoms with van der Waals surface area (Å²) in [4.78, 5) is 0. The Hall–Kier alpha value is -0.0800. The van der Waals surface area contributed by atoms with E-state index in [9.17, 15) is 0 Å². The summed E-state index contributed by atoms with van der Waals surface area (Å²) >= 11 is 0. The van der Waals surface area contributed by atoms with Gasteiger partial charge in [-0.15, -0.1) is 0 Å². The Morgan fingerprint density at radius 1 is 1.33 bits per heavy atom. The van der Waals surface area contributed by atoms with Crippen molar-refractivity contribution in [2.45, 2.75) is 51.6 Å². The summed E-state index contributed by atoms with van der Waals surface area (Å²) in [5.74, 6) is 0.546. The number of aliphatic hydroxyl groups excluding tert-OH is 1. The van der Waals surface area contributed by atoms with Crippen LogP contribution in [0.1, 0.15) is 40.0 Å². The normalized spacial score (nSPS) is 31.0. The van der Waals surface area contributed by atoms with E-state index >= 15 is 0 Å². The average molecular weight is 171 g/mol. The number of hydrogen-bond acceptors (Lipinski definition) is 2. The molecule has 1 aliphatic rings. The summed E-state index contributed by atoms with van der Waals surface area (Å²) in [5, 5.41) is 12.5. The van der Waals surface area contributed by atoms with Crippen molar-refractivity contribution in [1.29, 1.82) is 0 Å². The average Bonchev–Trinajstić information content (AvgIpc) is 2.32. The maximum atomic E-state index is 8.95. The smallest absolute Gasteiger partial charge is 0.0459 e. The molecule has 2 atom stereocenters. The fourth-order valence-electron chi connectivity index (χ4n) is 1.98. The number of hydrogen-bond donors (Lipinski definition) is 2. The predicted molar refractivity (Wildman–Crippen MR) is 51.1 cm³/mol. The van der Waals surface area contributed by atoms with Crippen LogP contribution in [-0.4, -0.2) is 23.3 Å². The second-order valence-corrected chi connectivity index (χ2v) is 4.95. The second kappa shape index (κ2) is 3.75. The zero-order valence-corrected chi connectivity index (χ0v) is 8.43. The van der Waals surface area contributed by atoms with E-state index in [1.807, 2.05) is 0 Å². The lowest BCUT2D eigenvalue weighted by Crippen LogP contribution is -2.42. The van der Waals surface area contributed by atoms with Crippen LogP contribution in [0.2, 0.25) is 0 Å². The van der Waals surface area contributed by atoms with E-state index in [1.54, 1.807) is 0 Å². The van der Waals surface area contributed by atoms with E-state index in [4.69, 9.17) is 5.11 Å². The third kappa shape index (κ3) is 3.11. The van der Waals surface area contributed by atoms with E-state index in [2.05, 4.69) is 26.1 Å². The fourth-order valence-corrected chi connectivity index (χ4v) is 1.98. The van der Waals surface area contributed by atoms with Gasteiger partial charge in [0.1, 0.15) is 0 Å². The Kier molecular flexibility index (Phi) is 3.13. The van der Waals surface area contributed by atoms with Crippen LogP contribution in [-0.2, 0) is 0 Å². The lowest BCUT2D eigenvalue weighted by atomic mass is 10.1. The van der Waals surface area contributed by atoms with E-state index in [0.717, 1.165) is 6.42 Å². The van der Waals surface area contributed by atoms with Crippen molar-refractivity contribution >= 4 is 0 Å². The van der Waals surface area contributed by atoms with Gasteiger partial charge >= 0.3 is 0 Å². The molecule has 0 aromatic heterocycles. The minimum atomic E-state index is 0.217. The molecule has 72 valence electrons. The SMILES string of the molecule is CC(C)(C)N[C@@H]1CC[C@@H](CO)C1. The van der Waals surface area contributed by atoms with Crippen LogP contribution in [0.15, 0.2) is 0 Å². The molecule has 0 saturated heterocycles. The van der Waals surface area contributed by atoms with Crippen LogP contribution in [0.25, 0.3) is 0 Å². The van der Waals surface area contributed by atoms with Crippen molar-refractivity contribution < 1.29 is 5.11 Å². The molecule has 0 aliphatic heterocycles. The van der Waals surface area contributed by atoms with Gasteiger partial charge in [-0.2, -0.15) is 0 Å². The summed E-state index contributed by atoms with van der Waals surface area (Å²) in [6.07, 6.45) is 3.56. The standard InChI is InChI=1S/C10H21NO/c1-10(2,3)11-9-5-4-8(6-9)7-12/h8-9,11-12H,4-7H2,1-3H3/t8-,9-/m1/s1. The first-order chi connectivity index (χ1) is 5.51. The summed E-state index contributed by atoms with van der Waals surface area (Å²) in [7, 11) is 0. The van der Waals surface area contributed by atoms with Gasteiger partial charge in [-0.05, 0) is 46.0 Å². The number of nitrogens with one attached hydrogen (secondary N) is 1. The molecule has 1 saturated carbocycles. The molecule has 0 radical (unpaired) electrons. The molecule has 2 N–H and O–H groups in total. The van der Waals surface area contributed by atoms with Crippen LogP contribution in [0.3, 0.4) is 0 Å². The molecule has 1 rings (SSSR count). The van der Waals surface area contributed by atoms with Crippen molar-refractivity contribution in [1.82, 2.24) is 5.32 Å². The molecule has 0 bridgehead atoms. The molecule has 0 unspecified atom stereocenters. The molecule has 12 heavy (non-hydrogen) atoms. The van der Waals surface area contributed by atoms with Gasteiger partial charge in [-0.3, -0.25) is 0 Å². The lowest BCUT2D eigenvalue weighted by Gasteiger charge is -2.25. The lowest BCUT2D eigenvalue weighted by molar-refractivity contribution is 0.225. The molecule has 0 aromatic carbocycles. The number of rotatable bonds is 2. The van der Waals surface area contributed by atoms with E-state index in [-0.39, 0.29) is 5.54 Å². The molecule has 1 aliphatic carbocycles. The van der Waals surface area contributed by atoms with Gasteiger partial charge in [0.2, 0.25) is 0 Å². The molecule has 2 nitrogen and oxygen atoms in total. The van der Waals surface area contributed by atoms with Gasteiger partial charge in [0.05, 0.1) is 0 Å². The molecule has 0 amide bonds. The van der Waals surface area contributed by atoms with Crippen LogP contribution in [0.4, 0.5) is 0 Å². The highest BCUT2D eigenvalue weighted by molar-refractivity contribution is 4.85. The Labute approximate surface area is 75.4 Å². The van der Waals surface area contributed by atoms with Gasteiger partial charge in [0.25, 0.3) is 0 Å². The monoisotopic (exact) mass is 171 g/mol. The highest BCUT2D eigenvalue weighted by Crippen LogP contribution is 2.26. The Balaban J connectivity index is 2.28. The maximum absolute atomic E-state index is 8.95. The highest BCUT2D eigenvalue weighted by atomic mass is 16.3. The first-order valence-corrected chi connectivity index (χ1v) is 4.90. The van der Waals surface area contributed by atoms with Crippen molar-refractivity contribution in [2.24, 2.45) is 5.92 Å². The summed E-state index contributed by atoms with van der Waals surface area (Å²) in [5.41, 5.74) is 0.217. The molecule has 0 heterocycles. The second-order valence-electron chi connectivity index (χ2n) is 4.95. The number of aliphatic hydroxyl groups is 1. The summed E-state index contributed by atoms with van der Waals surface area (Å²) in [6.45, 7) is 6.94. The van der Waals surface area contributed by atoms with Gasteiger partial charge in [-0.1, -0.05) is 0 Å². The zero-order chi connectivity index (χ0) is 9.19. The Morgan fingerprint density at radius 3 is 2.42 bits per heavy atom. The van der Waals surface area contributed by atoms with Crippen molar-refractivity contribution in [3.63, 3.8) is 0 Å².